The van der Waals surface area contributed by atoms with E-state index in [2.05, 4.69) is 15.4 Å². The lowest BCUT2D eigenvalue weighted by Gasteiger charge is -2.27. The highest BCUT2D eigenvalue weighted by atomic mass is 16.5. The van der Waals surface area contributed by atoms with Gasteiger partial charge in [-0.1, -0.05) is 18.2 Å². The van der Waals surface area contributed by atoms with Crippen molar-refractivity contribution in [2.75, 3.05) is 13.7 Å². The molecule has 0 aliphatic carbocycles. The van der Waals surface area contributed by atoms with Crippen molar-refractivity contribution in [1.29, 1.82) is 0 Å². The van der Waals surface area contributed by atoms with Gasteiger partial charge in [-0.25, -0.2) is 9.50 Å². The molecule has 1 aliphatic rings. The second kappa shape index (κ2) is 5.84. The van der Waals surface area contributed by atoms with Gasteiger partial charge in [-0.15, -0.1) is 0 Å². The van der Waals surface area contributed by atoms with E-state index >= 15 is 0 Å². The van der Waals surface area contributed by atoms with Gasteiger partial charge in [0, 0.05) is 5.56 Å². The van der Waals surface area contributed by atoms with Crippen LogP contribution < -0.4 is 14.8 Å². The number of hydrogen-bond acceptors (Lipinski definition) is 5. The minimum absolute atomic E-state index is 0.115. The molecule has 7 heteroatoms. The van der Waals surface area contributed by atoms with Gasteiger partial charge in [0.25, 0.3) is 5.91 Å². The number of nitrogens with one attached hydrogen (secondary N) is 1. The van der Waals surface area contributed by atoms with Crippen molar-refractivity contribution in [2.24, 2.45) is 0 Å². The average Bonchev–Trinajstić information content (AvgIpc) is 3.09. The van der Waals surface area contributed by atoms with Gasteiger partial charge >= 0.3 is 0 Å². The Morgan fingerprint density at radius 1 is 1.33 bits per heavy atom. The highest BCUT2D eigenvalue weighted by molar-refractivity contribution is 5.93. The Hall–Kier alpha value is -3.09. The lowest BCUT2D eigenvalue weighted by molar-refractivity contribution is 0.0907. The maximum absolute atomic E-state index is 12.6. The summed E-state index contributed by atoms with van der Waals surface area (Å²) < 4.78 is 12.6. The Balaban J connectivity index is 1.54. The van der Waals surface area contributed by atoms with Crippen LogP contribution in [0.4, 0.5) is 0 Å². The third-order valence-electron chi connectivity index (χ3n) is 4.05. The molecule has 0 fully saturated rings. The maximum atomic E-state index is 12.6. The first-order valence-electron chi connectivity index (χ1n) is 7.64. The first kappa shape index (κ1) is 14.5. The number of methoxy groups -OCH3 is 1. The Morgan fingerprint density at radius 3 is 3.08 bits per heavy atom. The molecule has 1 atom stereocenters. The summed E-state index contributed by atoms with van der Waals surface area (Å²) >= 11 is 0. The minimum Gasteiger partial charge on any atom is -0.493 e. The molecule has 24 heavy (non-hydrogen) atoms. The predicted molar refractivity (Wildman–Crippen MR) is 86.4 cm³/mol. The van der Waals surface area contributed by atoms with E-state index in [1.54, 1.807) is 25.3 Å². The highest BCUT2D eigenvalue weighted by Gasteiger charge is 2.25. The van der Waals surface area contributed by atoms with Crippen LogP contribution >= 0.6 is 0 Å². The fourth-order valence-corrected chi connectivity index (χ4v) is 2.92. The number of nitrogens with zero attached hydrogens (tertiary/aromatic N) is 3. The molecule has 1 N–H and O–H groups in total. The number of carbonyl (C=O) groups is 1. The SMILES string of the molecule is COc1cccc2c1OCC(NC(=O)c1cccc3ncnn13)C2. The Morgan fingerprint density at radius 2 is 2.21 bits per heavy atom. The quantitative estimate of drug-likeness (QED) is 0.789. The van der Waals surface area contributed by atoms with Crippen LogP contribution in [-0.4, -0.2) is 40.3 Å². The summed E-state index contributed by atoms with van der Waals surface area (Å²) in [4.78, 5) is 16.7. The number of ether oxygens (including phenoxy) is 2. The van der Waals surface area contributed by atoms with Crippen molar-refractivity contribution in [2.45, 2.75) is 12.5 Å². The average molecular weight is 324 g/mol. The molecule has 4 rings (SSSR count). The van der Waals surface area contributed by atoms with Gasteiger partial charge in [0.1, 0.15) is 18.6 Å². The normalized spacial score (nSPS) is 16.3. The molecule has 1 unspecified atom stereocenters. The number of pyridine rings is 1. The van der Waals surface area contributed by atoms with Crippen LogP contribution in [0.25, 0.3) is 5.65 Å². The van der Waals surface area contributed by atoms with Gasteiger partial charge in [0.15, 0.2) is 17.1 Å². The Kier molecular flexibility index (Phi) is 3.53. The first-order valence-corrected chi connectivity index (χ1v) is 7.64. The number of rotatable bonds is 3. The molecule has 0 saturated heterocycles. The van der Waals surface area contributed by atoms with E-state index in [9.17, 15) is 4.79 Å². The Labute approximate surface area is 138 Å². The summed E-state index contributed by atoms with van der Waals surface area (Å²) in [6, 6.07) is 11.0. The molecular weight excluding hydrogens is 308 g/mol. The molecule has 1 aromatic carbocycles. The number of amides is 1. The molecule has 7 nitrogen and oxygen atoms in total. The largest absolute Gasteiger partial charge is 0.493 e. The van der Waals surface area contributed by atoms with Gasteiger partial charge in [-0.05, 0) is 24.6 Å². The number of hydrogen-bond donors (Lipinski definition) is 1. The van der Waals surface area contributed by atoms with Crippen molar-refractivity contribution in [3.05, 3.63) is 54.0 Å². The molecule has 0 bridgehead atoms. The summed E-state index contributed by atoms with van der Waals surface area (Å²) in [7, 11) is 1.62. The van der Waals surface area contributed by atoms with E-state index in [1.165, 1.54) is 10.8 Å². The van der Waals surface area contributed by atoms with Crippen LogP contribution in [0.15, 0.2) is 42.7 Å². The van der Waals surface area contributed by atoms with Crippen molar-refractivity contribution in [1.82, 2.24) is 19.9 Å². The number of carbonyl (C=O) groups excluding carboxylic acids is 1. The third kappa shape index (κ3) is 2.44. The van der Waals surface area contributed by atoms with Crippen LogP contribution in [0.1, 0.15) is 16.1 Å². The summed E-state index contributed by atoms with van der Waals surface area (Å²) in [6.45, 7) is 0.395. The standard InChI is InChI=1S/C17H16N4O3/c1-23-14-6-2-4-11-8-12(9-24-16(11)14)20-17(22)13-5-3-7-15-18-10-19-21(13)15/h2-7,10,12H,8-9H2,1H3,(H,20,22). The zero-order valence-corrected chi connectivity index (χ0v) is 13.1. The number of para-hydroxylation sites is 1. The molecular formula is C17H16N4O3. The van der Waals surface area contributed by atoms with Crippen LogP contribution in [0.3, 0.4) is 0 Å². The third-order valence-corrected chi connectivity index (χ3v) is 4.05. The summed E-state index contributed by atoms with van der Waals surface area (Å²) in [6.07, 6.45) is 2.12. The number of benzene rings is 1. The lowest BCUT2D eigenvalue weighted by atomic mass is 10.0. The second-order valence-electron chi connectivity index (χ2n) is 5.58. The predicted octanol–water partition coefficient (Wildman–Crippen LogP) is 1.47. The van der Waals surface area contributed by atoms with E-state index in [-0.39, 0.29) is 11.9 Å². The van der Waals surface area contributed by atoms with E-state index < -0.39 is 0 Å². The van der Waals surface area contributed by atoms with Gasteiger partial charge in [0.05, 0.1) is 13.2 Å². The van der Waals surface area contributed by atoms with Crippen LogP contribution in [0.5, 0.6) is 11.5 Å². The van der Waals surface area contributed by atoms with Gasteiger partial charge in [0.2, 0.25) is 0 Å². The van der Waals surface area contributed by atoms with Gasteiger partial charge in [-0.3, -0.25) is 4.79 Å². The van der Waals surface area contributed by atoms with Gasteiger partial charge < -0.3 is 14.8 Å². The zero-order chi connectivity index (χ0) is 16.5. The number of aromatic nitrogens is 3. The van der Waals surface area contributed by atoms with E-state index in [4.69, 9.17) is 9.47 Å². The zero-order valence-electron chi connectivity index (χ0n) is 13.1. The van der Waals surface area contributed by atoms with Gasteiger partial charge in [-0.2, -0.15) is 5.10 Å². The fraction of sp³-hybridized carbons (Fsp3) is 0.235. The highest BCUT2D eigenvalue weighted by Crippen LogP contribution is 2.34. The maximum Gasteiger partial charge on any atom is 0.270 e. The molecule has 1 aliphatic heterocycles. The molecule has 1 amide bonds. The molecule has 3 aromatic rings. The summed E-state index contributed by atoms with van der Waals surface area (Å²) in [5.74, 6) is 1.26. The number of fused-ring (bicyclic) bond motifs is 2. The molecule has 3 heterocycles. The smallest absolute Gasteiger partial charge is 0.270 e. The molecule has 2 aromatic heterocycles. The van der Waals surface area contributed by atoms with Crippen LogP contribution in [-0.2, 0) is 6.42 Å². The van der Waals surface area contributed by atoms with Crippen molar-refractivity contribution >= 4 is 11.6 Å². The van der Waals surface area contributed by atoms with Crippen molar-refractivity contribution < 1.29 is 14.3 Å². The minimum atomic E-state index is -0.203. The van der Waals surface area contributed by atoms with E-state index in [0.717, 1.165) is 11.3 Å². The fourth-order valence-electron chi connectivity index (χ4n) is 2.92. The summed E-state index contributed by atoms with van der Waals surface area (Å²) in [5, 5.41) is 7.09. The second-order valence-corrected chi connectivity index (χ2v) is 5.58. The summed E-state index contributed by atoms with van der Waals surface area (Å²) in [5.41, 5.74) is 2.10. The van der Waals surface area contributed by atoms with E-state index in [0.29, 0.717) is 30.1 Å². The van der Waals surface area contributed by atoms with Crippen LogP contribution in [0.2, 0.25) is 0 Å². The first-order chi connectivity index (χ1) is 11.8. The monoisotopic (exact) mass is 324 g/mol. The van der Waals surface area contributed by atoms with Crippen LogP contribution in [0, 0.1) is 0 Å². The molecule has 0 saturated carbocycles. The van der Waals surface area contributed by atoms with Crippen molar-refractivity contribution in [3.63, 3.8) is 0 Å². The van der Waals surface area contributed by atoms with Crippen molar-refractivity contribution in [3.8, 4) is 11.5 Å². The molecule has 122 valence electrons. The Bertz CT molecular complexity index is 906. The lowest BCUT2D eigenvalue weighted by Crippen LogP contribution is -2.43. The molecule has 0 radical (unpaired) electrons. The topological polar surface area (TPSA) is 77.8 Å². The molecule has 0 spiro atoms. The van der Waals surface area contributed by atoms with E-state index in [1.807, 2.05) is 18.2 Å².